The summed E-state index contributed by atoms with van der Waals surface area (Å²) in [5, 5.41) is 9.04. The third-order valence-electron chi connectivity index (χ3n) is 6.57. The van der Waals surface area contributed by atoms with Gasteiger partial charge in [-0.3, -0.25) is 24.0 Å². The highest BCUT2D eigenvalue weighted by molar-refractivity contribution is 7.16. The fourth-order valence-corrected chi connectivity index (χ4v) is 6.03. The normalized spacial score (nSPS) is 13.9. The average molecular weight is 612 g/mol. The van der Waals surface area contributed by atoms with E-state index in [0.717, 1.165) is 21.1 Å². The molecular formula is C27H23ClFN7O3S2. The number of thiophene rings is 1. The van der Waals surface area contributed by atoms with Crippen LogP contribution in [0.5, 0.6) is 0 Å². The van der Waals surface area contributed by atoms with E-state index in [1.807, 2.05) is 12.1 Å². The van der Waals surface area contributed by atoms with Crippen LogP contribution in [0.4, 0.5) is 10.2 Å². The molecule has 0 aromatic carbocycles. The van der Waals surface area contributed by atoms with E-state index < -0.39 is 11.7 Å². The molecular weight excluding hydrogens is 589 g/mol. The molecule has 41 heavy (non-hydrogen) atoms. The molecule has 6 heterocycles. The lowest BCUT2D eigenvalue weighted by atomic mass is 10.1. The number of rotatable bonds is 8. The molecule has 210 valence electrons. The number of morpholine rings is 1. The minimum atomic E-state index is -0.761. The van der Waals surface area contributed by atoms with Crippen LogP contribution in [0.3, 0.4) is 0 Å². The Kier molecular flexibility index (Phi) is 8.03. The molecule has 0 atom stereocenters. The number of carbonyl (C=O) groups is 1. The largest absolute Gasteiger partial charge is 0.379 e. The summed E-state index contributed by atoms with van der Waals surface area (Å²) in [5.41, 5.74) is 1.28. The van der Waals surface area contributed by atoms with Crippen molar-refractivity contribution in [1.82, 2.24) is 28.6 Å². The molecule has 0 spiro atoms. The van der Waals surface area contributed by atoms with Crippen LogP contribution in [0, 0.1) is 5.82 Å². The van der Waals surface area contributed by atoms with Gasteiger partial charge in [-0.15, -0.1) is 11.3 Å². The summed E-state index contributed by atoms with van der Waals surface area (Å²) in [7, 11) is 0. The van der Waals surface area contributed by atoms with E-state index in [-0.39, 0.29) is 41.5 Å². The van der Waals surface area contributed by atoms with Gasteiger partial charge in [-0.05, 0) is 41.4 Å². The van der Waals surface area contributed by atoms with Crippen LogP contribution in [0.25, 0.3) is 22.5 Å². The molecule has 10 nitrogen and oxygen atoms in total. The summed E-state index contributed by atoms with van der Waals surface area (Å²) in [6.07, 6.45) is 4.67. The van der Waals surface area contributed by atoms with Gasteiger partial charge in [0.2, 0.25) is 0 Å². The monoisotopic (exact) mass is 611 g/mol. The number of halogens is 2. The van der Waals surface area contributed by atoms with Crippen LogP contribution < -0.4 is 10.9 Å². The van der Waals surface area contributed by atoms with Gasteiger partial charge in [0.05, 0.1) is 48.2 Å². The molecule has 1 aliphatic rings. The summed E-state index contributed by atoms with van der Waals surface area (Å²) in [6.45, 7) is 2.72. The predicted octanol–water partition coefficient (Wildman–Crippen LogP) is 4.67. The van der Waals surface area contributed by atoms with E-state index in [4.69, 9.17) is 16.3 Å². The third kappa shape index (κ3) is 5.85. The summed E-state index contributed by atoms with van der Waals surface area (Å²) in [6, 6.07) is 10.3. The molecule has 1 aliphatic heterocycles. The molecule has 6 rings (SSSR count). The van der Waals surface area contributed by atoms with E-state index in [2.05, 4.69) is 24.7 Å². The molecule has 0 radical (unpaired) electrons. The van der Waals surface area contributed by atoms with Gasteiger partial charge in [0.15, 0.2) is 11.6 Å². The smallest absolute Gasteiger partial charge is 0.282 e. The zero-order chi connectivity index (χ0) is 28.3. The summed E-state index contributed by atoms with van der Waals surface area (Å²) in [5.74, 6) is -1.44. The number of aromatic nitrogens is 5. The Morgan fingerprint density at radius 2 is 2.00 bits per heavy atom. The fourth-order valence-electron chi connectivity index (χ4n) is 4.49. The van der Waals surface area contributed by atoms with Crippen LogP contribution >= 0.6 is 34.5 Å². The second-order valence-electron chi connectivity index (χ2n) is 9.21. The maximum Gasteiger partial charge on any atom is 0.282 e. The maximum absolute atomic E-state index is 16.4. The minimum absolute atomic E-state index is 0.127. The summed E-state index contributed by atoms with van der Waals surface area (Å²) in [4.78, 5) is 34.0. The molecule has 5 aromatic rings. The van der Waals surface area contributed by atoms with Crippen LogP contribution in [0.2, 0.25) is 4.34 Å². The summed E-state index contributed by atoms with van der Waals surface area (Å²) < 4.78 is 28.9. The van der Waals surface area contributed by atoms with Gasteiger partial charge in [0, 0.05) is 47.4 Å². The van der Waals surface area contributed by atoms with Crippen molar-refractivity contribution in [1.29, 1.82) is 0 Å². The fraction of sp³-hybridized carbons (Fsp3) is 0.222. The van der Waals surface area contributed by atoms with Crippen molar-refractivity contribution in [2.75, 3.05) is 31.6 Å². The second kappa shape index (κ2) is 12.0. The van der Waals surface area contributed by atoms with E-state index in [0.29, 0.717) is 41.8 Å². The number of carbonyl (C=O) groups excluding carboxylic acids is 1. The minimum Gasteiger partial charge on any atom is -0.379 e. The first-order chi connectivity index (χ1) is 20.0. The number of ether oxygens (including phenoxy) is 1. The van der Waals surface area contributed by atoms with Crippen molar-refractivity contribution in [3.05, 3.63) is 91.3 Å². The predicted molar refractivity (Wildman–Crippen MR) is 156 cm³/mol. The topological polar surface area (TPSA) is 107 Å². The molecule has 0 unspecified atom stereocenters. The summed E-state index contributed by atoms with van der Waals surface area (Å²) >= 11 is 8.52. The average Bonchev–Trinajstić information content (AvgIpc) is 3.75. The first-order valence-corrected chi connectivity index (χ1v) is 14.7. The molecule has 0 aliphatic carbocycles. The van der Waals surface area contributed by atoms with Crippen LogP contribution in [0.1, 0.15) is 15.2 Å². The van der Waals surface area contributed by atoms with Crippen LogP contribution in [-0.2, 0) is 18.0 Å². The van der Waals surface area contributed by atoms with Gasteiger partial charge in [-0.25, -0.2) is 8.76 Å². The number of nitrogens with zero attached hydrogens (tertiary/aromatic N) is 6. The van der Waals surface area contributed by atoms with Gasteiger partial charge in [-0.1, -0.05) is 17.7 Å². The zero-order valence-corrected chi connectivity index (χ0v) is 23.9. The number of pyridine rings is 2. The van der Waals surface area contributed by atoms with Gasteiger partial charge < -0.3 is 10.1 Å². The molecule has 1 fully saturated rings. The van der Waals surface area contributed by atoms with Crippen LogP contribution in [-0.4, -0.2) is 60.8 Å². The highest BCUT2D eigenvalue weighted by Gasteiger charge is 2.27. The Hall–Kier alpha value is -3.75. The quantitative estimate of drug-likeness (QED) is 0.270. The Morgan fingerprint density at radius 3 is 2.71 bits per heavy atom. The van der Waals surface area contributed by atoms with Crippen molar-refractivity contribution in [2.24, 2.45) is 0 Å². The maximum atomic E-state index is 16.4. The SMILES string of the molecule is O=C(c1cnsc1)n1nc(-c2cc(-c3cccnc3)cc(=O)n2CN2CCOCC2)c(F)c1NCc1ccc(Cl)s1. The number of anilines is 1. The van der Waals surface area contributed by atoms with Gasteiger partial charge >= 0.3 is 0 Å². The Bertz CT molecular complexity index is 1730. The Balaban J connectivity index is 1.49. The van der Waals surface area contributed by atoms with Gasteiger partial charge in [-0.2, -0.15) is 9.78 Å². The lowest BCUT2D eigenvalue weighted by Crippen LogP contribution is -2.40. The number of hydrogen-bond acceptors (Lipinski definition) is 10. The lowest BCUT2D eigenvalue weighted by Gasteiger charge is -2.28. The van der Waals surface area contributed by atoms with Crippen molar-refractivity contribution in [3.8, 4) is 22.5 Å². The van der Waals surface area contributed by atoms with E-state index in [1.165, 1.54) is 28.2 Å². The Labute approximate surface area is 246 Å². The van der Waals surface area contributed by atoms with Gasteiger partial charge in [0.25, 0.3) is 11.5 Å². The highest BCUT2D eigenvalue weighted by atomic mass is 35.5. The molecule has 0 bridgehead atoms. The third-order valence-corrected chi connectivity index (χ3v) is 8.39. The standard InChI is InChI=1S/C27H23ClFN7O3S2/c28-22-4-3-20(41-22)14-31-26-24(29)25(33-36(26)27(38)19-13-32-40-15-19)21-10-18(17-2-1-5-30-12-17)11-23(37)35(21)16-34-6-8-39-9-7-34/h1-5,10-13,15,31H,6-9,14,16H2. The first kappa shape index (κ1) is 27.4. The van der Waals surface area contributed by atoms with Crippen molar-refractivity contribution < 1.29 is 13.9 Å². The molecule has 1 N–H and O–H groups in total. The van der Waals surface area contributed by atoms with Crippen molar-refractivity contribution in [3.63, 3.8) is 0 Å². The van der Waals surface area contributed by atoms with E-state index in [1.54, 1.807) is 36.0 Å². The second-order valence-corrected chi connectivity index (χ2v) is 11.7. The Morgan fingerprint density at radius 1 is 1.15 bits per heavy atom. The van der Waals surface area contributed by atoms with Gasteiger partial charge in [0.1, 0.15) is 5.69 Å². The molecule has 5 aromatic heterocycles. The van der Waals surface area contributed by atoms with E-state index >= 15 is 4.39 Å². The van der Waals surface area contributed by atoms with E-state index in [9.17, 15) is 9.59 Å². The lowest BCUT2D eigenvalue weighted by molar-refractivity contribution is 0.0231. The number of nitrogens with one attached hydrogen (secondary N) is 1. The zero-order valence-electron chi connectivity index (χ0n) is 21.5. The van der Waals surface area contributed by atoms with Crippen molar-refractivity contribution >= 4 is 46.2 Å². The number of hydrogen-bond donors (Lipinski definition) is 1. The molecule has 0 amide bonds. The highest BCUT2D eigenvalue weighted by Crippen LogP contribution is 2.31. The molecule has 1 saturated heterocycles. The first-order valence-electron chi connectivity index (χ1n) is 12.6. The molecule has 0 saturated carbocycles. The van der Waals surface area contributed by atoms with Crippen molar-refractivity contribution in [2.45, 2.75) is 13.2 Å². The molecule has 14 heteroatoms. The van der Waals surface area contributed by atoms with Crippen LogP contribution in [0.15, 0.2) is 65.2 Å².